The van der Waals surface area contributed by atoms with Gasteiger partial charge in [-0.2, -0.15) is 0 Å². The van der Waals surface area contributed by atoms with Gasteiger partial charge < -0.3 is 25.6 Å². The molecule has 1 aromatic heterocycles. The number of ether oxygens (including phenoxy) is 1. The van der Waals surface area contributed by atoms with E-state index in [9.17, 15) is 4.79 Å². The van der Waals surface area contributed by atoms with E-state index in [4.69, 9.17) is 15.5 Å². The van der Waals surface area contributed by atoms with Crippen molar-refractivity contribution >= 4 is 28.9 Å². The number of amides is 1. The van der Waals surface area contributed by atoms with Crippen LogP contribution in [0.4, 0.5) is 23.0 Å². The van der Waals surface area contributed by atoms with Crippen molar-refractivity contribution in [2.24, 2.45) is 5.73 Å². The summed E-state index contributed by atoms with van der Waals surface area (Å²) in [6.07, 6.45) is 5.14. The molecule has 182 valence electrons. The molecule has 0 spiro atoms. The van der Waals surface area contributed by atoms with Crippen LogP contribution in [-0.4, -0.2) is 71.7 Å². The number of carbonyl (C=O) groups is 1. The van der Waals surface area contributed by atoms with Gasteiger partial charge in [0.15, 0.2) is 11.5 Å². The number of fused-ring (bicyclic) bond motifs is 3. The highest BCUT2D eigenvalue weighted by atomic mass is 16.5. The Hall–Kier alpha value is -3.07. The van der Waals surface area contributed by atoms with Gasteiger partial charge in [-0.25, -0.2) is 9.97 Å². The Morgan fingerprint density at radius 2 is 1.94 bits per heavy atom. The number of nitrogens with two attached hydrogens (primary N) is 1. The first-order valence-electron chi connectivity index (χ1n) is 12.3. The van der Waals surface area contributed by atoms with Crippen LogP contribution in [0.15, 0.2) is 24.4 Å². The number of nitrogens with one attached hydrogen (secondary N) is 1. The standard InChI is InChI=1S/C25H35N7O2/c1-25(2,3)31-11-12-32-18(15-31)16-34-20-13-17(7-8-19(20)32)28-24-22(23(26)33)27-14-21(29-24)30-9-5-4-6-10-30/h7-8,13-14,18H,4-6,9-12,15-16H2,1-3H3,(H2,26,33)(H,28,29)/t18-/m0/s1. The van der Waals surface area contributed by atoms with Gasteiger partial charge in [0.2, 0.25) is 0 Å². The summed E-state index contributed by atoms with van der Waals surface area (Å²) in [4.78, 5) is 28.3. The number of benzene rings is 1. The summed E-state index contributed by atoms with van der Waals surface area (Å²) in [6.45, 7) is 12.3. The average Bonchev–Trinajstić information content (AvgIpc) is 2.83. The largest absolute Gasteiger partial charge is 0.489 e. The van der Waals surface area contributed by atoms with Crippen LogP contribution in [0.1, 0.15) is 50.5 Å². The van der Waals surface area contributed by atoms with Crippen molar-refractivity contribution in [2.75, 3.05) is 54.4 Å². The van der Waals surface area contributed by atoms with Crippen molar-refractivity contribution in [3.8, 4) is 5.75 Å². The quantitative estimate of drug-likeness (QED) is 0.711. The fourth-order valence-corrected chi connectivity index (χ4v) is 5.11. The third-order valence-corrected chi connectivity index (χ3v) is 7.07. The number of hydrogen-bond acceptors (Lipinski definition) is 8. The molecule has 34 heavy (non-hydrogen) atoms. The molecule has 0 unspecified atom stereocenters. The molecule has 2 fully saturated rings. The van der Waals surface area contributed by atoms with Crippen molar-refractivity contribution in [1.82, 2.24) is 14.9 Å². The summed E-state index contributed by atoms with van der Waals surface area (Å²) in [5.41, 5.74) is 7.78. The maximum atomic E-state index is 12.0. The van der Waals surface area contributed by atoms with Crippen molar-refractivity contribution in [2.45, 2.75) is 51.6 Å². The van der Waals surface area contributed by atoms with Crippen molar-refractivity contribution < 1.29 is 9.53 Å². The molecular weight excluding hydrogens is 430 g/mol. The zero-order valence-corrected chi connectivity index (χ0v) is 20.4. The minimum atomic E-state index is -0.603. The van der Waals surface area contributed by atoms with Crippen LogP contribution in [0.25, 0.3) is 0 Å². The molecule has 3 N–H and O–H groups in total. The van der Waals surface area contributed by atoms with Crippen LogP contribution >= 0.6 is 0 Å². The molecule has 9 heteroatoms. The number of anilines is 4. The fraction of sp³-hybridized carbons (Fsp3) is 0.560. The summed E-state index contributed by atoms with van der Waals surface area (Å²) in [7, 11) is 0. The van der Waals surface area contributed by atoms with E-state index in [0.29, 0.717) is 18.5 Å². The molecule has 0 bridgehead atoms. The highest BCUT2D eigenvalue weighted by Gasteiger charge is 2.36. The molecule has 3 aliphatic heterocycles. The van der Waals surface area contributed by atoms with Crippen LogP contribution < -0.4 is 25.6 Å². The summed E-state index contributed by atoms with van der Waals surface area (Å²) >= 11 is 0. The lowest BCUT2D eigenvalue weighted by molar-refractivity contribution is 0.0890. The zero-order chi connectivity index (χ0) is 23.9. The number of carbonyl (C=O) groups excluding carboxylic acids is 1. The third kappa shape index (κ3) is 4.49. The molecule has 3 aliphatic rings. The topological polar surface area (TPSA) is 99.9 Å². The number of hydrogen-bond donors (Lipinski definition) is 2. The van der Waals surface area contributed by atoms with E-state index in [1.54, 1.807) is 6.20 Å². The summed E-state index contributed by atoms with van der Waals surface area (Å²) < 4.78 is 6.18. The van der Waals surface area contributed by atoms with E-state index < -0.39 is 5.91 Å². The van der Waals surface area contributed by atoms with Crippen LogP contribution in [-0.2, 0) is 0 Å². The first kappa shape index (κ1) is 22.7. The molecule has 1 amide bonds. The molecule has 9 nitrogen and oxygen atoms in total. The van der Waals surface area contributed by atoms with Gasteiger partial charge >= 0.3 is 0 Å². The van der Waals surface area contributed by atoms with Crippen molar-refractivity contribution in [1.29, 1.82) is 0 Å². The maximum Gasteiger partial charge on any atom is 0.271 e. The molecule has 2 saturated heterocycles. The van der Waals surface area contributed by atoms with Gasteiger partial charge in [0.1, 0.15) is 18.2 Å². The van der Waals surface area contributed by atoms with Crippen molar-refractivity contribution in [3.05, 3.63) is 30.1 Å². The molecule has 5 rings (SSSR count). The van der Waals surface area contributed by atoms with Crippen LogP contribution in [0.2, 0.25) is 0 Å². The first-order chi connectivity index (χ1) is 16.3. The maximum absolute atomic E-state index is 12.0. The normalized spacial score (nSPS) is 20.9. The van der Waals surface area contributed by atoms with Crippen LogP contribution in [0.3, 0.4) is 0 Å². The zero-order valence-electron chi connectivity index (χ0n) is 20.4. The molecule has 0 saturated carbocycles. The first-order valence-corrected chi connectivity index (χ1v) is 12.3. The lowest BCUT2D eigenvalue weighted by atomic mass is 10.0. The predicted octanol–water partition coefficient (Wildman–Crippen LogP) is 2.99. The fourth-order valence-electron chi connectivity index (χ4n) is 5.11. The van der Waals surface area contributed by atoms with E-state index in [-0.39, 0.29) is 11.2 Å². The Balaban J connectivity index is 1.37. The lowest BCUT2D eigenvalue weighted by Crippen LogP contribution is -2.61. The summed E-state index contributed by atoms with van der Waals surface area (Å²) in [6, 6.07) is 6.40. The third-order valence-electron chi connectivity index (χ3n) is 7.07. The Labute approximate surface area is 201 Å². The van der Waals surface area contributed by atoms with Gasteiger partial charge in [-0.05, 0) is 52.2 Å². The lowest BCUT2D eigenvalue weighted by Gasteiger charge is -2.49. The van der Waals surface area contributed by atoms with Gasteiger partial charge in [0, 0.05) is 50.0 Å². The van der Waals surface area contributed by atoms with E-state index in [2.05, 4.69) is 51.8 Å². The monoisotopic (exact) mass is 465 g/mol. The molecule has 0 aliphatic carbocycles. The molecule has 1 aromatic carbocycles. The van der Waals surface area contributed by atoms with Gasteiger partial charge in [-0.1, -0.05) is 0 Å². The van der Waals surface area contributed by atoms with E-state index in [1.807, 2.05) is 12.1 Å². The second-order valence-electron chi connectivity index (χ2n) is 10.4. The number of primary amides is 1. The van der Waals surface area contributed by atoms with Gasteiger partial charge in [0.05, 0.1) is 17.9 Å². The molecule has 2 aromatic rings. The Morgan fingerprint density at radius 3 is 2.68 bits per heavy atom. The summed E-state index contributed by atoms with van der Waals surface area (Å²) in [5, 5.41) is 3.27. The minimum absolute atomic E-state index is 0.137. The smallest absolute Gasteiger partial charge is 0.271 e. The van der Waals surface area contributed by atoms with E-state index >= 15 is 0 Å². The average molecular weight is 466 g/mol. The van der Waals surface area contributed by atoms with E-state index in [0.717, 1.165) is 68.5 Å². The Morgan fingerprint density at radius 1 is 1.15 bits per heavy atom. The SMILES string of the molecule is CC(C)(C)N1CCN2c3ccc(Nc4nc(N5CCCCC5)cnc4C(N)=O)cc3OC[C@@H]2C1. The number of rotatable bonds is 4. The molecule has 4 heterocycles. The second kappa shape index (κ2) is 8.94. The number of aromatic nitrogens is 2. The van der Waals surface area contributed by atoms with Crippen LogP contribution in [0, 0.1) is 0 Å². The van der Waals surface area contributed by atoms with E-state index in [1.165, 1.54) is 6.42 Å². The van der Waals surface area contributed by atoms with Gasteiger partial charge in [-0.3, -0.25) is 9.69 Å². The molecule has 0 radical (unpaired) electrons. The summed E-state index contributed by atoms with van der Waals surface area (Å²) in [5.74, 6) is 1.38. The Bertz CT molecular complexity index is 1060. The second-order valence-corrected chi connectivity index (χ2v) is 10.4. The highest BCUT2D eigenvalue weighted by Crippen LogP contribution is 2.38. The van der Waals surface area contributed by atoms with Crippen LogP contribution in [0.5, 0.6) is 5.75 Å². The molecular formula is C25H35N7O2. The number of piperidine rings is 1. The predicted molar refractivity (Wildman–Crippen MR) is 134 cm³/mol. The Kier molecular flexibility index (Phi) is 5.97. The van der Waals surface area contributed by atoms with Gasteiger partial charge in [0.25, 0.3) is 5.91 Å². The number of nitrogens with zero attached hydrogens (tertiary/aromatic N) is 5. The van der Waals surface area contributed by atoms with Crippen molar-refractivity contribution in [3.63, 3.8) is 0 Å². The highest BCUT2D eigenvalue weighted by molar-refractivity contribution is 5.96. The minimum Gasteiger partial charge on any atom is -0.489 e. The van der Waals surface area contributed by atoms with Gasteiger partial charge in [-0.15, -0.1) is 0 Å². The molecule has 1 atom stereocenters. The number of piperazine rings is 1.